The molecule has 1 heterocycles. The van der Waals surface area contributed by atoms with Crippen LogP contribution in [0.1, 0.15) is 18.1 Å². The number of benzene rings is 1. The third-order valence-electron chi connectivity index (χ3n) is 2.71. The fraction of sp³-hybridized carbons (Fsp3) is 0.500. The van der Waals surface area contributed by atoms with Crippen molar-refractivity contribution in [2.75, 3.05) is 18.1 Å². The zero-order chi connectivity index (χ0) is 10.5. The molecule has 0 bridgehead atoms. The van der Waals surface area contributed by atoms with Crippen LogP contribution in [-0.4, -0.2) is 29.2 Å². The third-order valence-corrected chi connectivity index (χ3v) is 3.88. The predicted octanol–water partition coefficient (Wildman–Crippen LogP) is 1.82. The second-order valence-corrected chi connectivity index (χ2v) is 5.05. The molecule has 82 valence electrons. The lowest BCUT2D eigenvalue weighted by molar-refractivity contribution is 0.171. The average Bonchev–Trinajstić information content (AvgIpc) is 2.80. The first kappa shape index (κ1) is 11.0. The molecule has 0 aliphatic carbocycles. The molecule has 0 radical (unpaired) electrons. The molecule has 1 aromatic rings. The Labute approximate surface area is 95.1 Å². The summed E-state index contributed by atoms with van der Waals surface area (Å²) in [4.78, 5) is 0. The molecule has 1 fully saturated rings. The second kappa shape index (κ2) is 5.54. The Bertz CT molecular complexity index is 285. The van der Waals surface area contributed by atoms with Crippen molar-refractivity contribution in [3.8, 4) is 0 Å². The summed E-state index contributed by atoms with van der Waals surface area (Å²) in [7, 11) is 0. The Kier molecular flexibility index (Phi) is 4.06. The van der Waals surface area contributed by atoms with Gasteiger partial charge < -0.3 is 10.4 Å². The number of nitrogens with one attached hydrogen (secondary N) is 1. The van der Waals surface area contributed by atoms with E-state index in [1.165, 1.54) is 17.9 Å². The largest absolute Gasteiger partial charge is 0.387 e. The summed E-state index contributed by atoms with van der Waals surface area (Å²) in [6.07, 6.45) is 0.850. The number of rotatable bonds is 4. The Balaban J connectivity index is 1.79. The Hall–Kier alpha value is -0.510. The van der Waals surface area contributed by atoms with Gasteiger partial charge in [0.2, 0.25) is 0 Å². The van der Waals surface area contributed by atoms with Gasteiger partial charge in [0.05, 0.1) is 6.10 Å². The molecule has 15 heavy (non-hydrogen) atoms. The molecule has 2 rings (SSSR count). The van der Waals surface area contributed by atoms with E-state index in [0.717, 1.165) is 5.56 Å². The van der Waals surface area contributed by atoms with Gasteiger partial charge in [-0.1, -0.05) is 30.3 Å². The quantitative estimate of drug-likeness (QED) is 0.816. The fourth-order valence-corrected chi connectivity index (χ4v) is 2.95. The van der Waals surface area contributed by atoms with E-state index in [0.29, 0.717) is 12.6 Å². The molecule has 2 atom stereocenters. The van der Waals surface area contributed by atoms with E-state index < -0.39 is 0 Å². The van der Waals surface area contributed by atoms with Crippen LogP contribution in [-0.2, 0) is 0 Å². The van der Waals surface area contributed by atoms with Gasteiger partial charge in [-0.3, -0.25) is 0 Å². The maximum atomic E-state index is 9.91. The van der Waals surface area contributed by atoms with E-state index in [2.05, 4.69) is 5.32 Å². The second-order valence-electron chi connectivity index (χ2n) is 3.90. The highest BCUT2D eigenvalue weighted by Crippen LogP contribution is 2.18. The monoisotopic (exact) mass is 223 g/mol. The first-order valence-electron chi connectivity index (χ1n) is 5.40. The van der Waals surface area contributed by atoms with Crippen LogP contribution in [0, 0.1) is 0 Å². The minimum atomic E-state index is -0.378. The standard InChI is InChI=1S/C12H17NOS/c14-12(10-4-2-1-3-5-10)8-13-11-6-7-15-9-11/h1-5,11-14H,6-9H2. The van der Waals surface area contributed by atoms with Crippen molar-refractivity contribution in [3.05, 3.63) is 35.9 Å². The Morgan fingerprint density at radius 3 is 2.87 bits per heavy atom. The minimum Gasteiger partial charge on any atom is -0.387 e. The van der Waals surface area contributed by atoms with Gasteiger partial charge in [-0.25, -0.2) is 0 Å². The SMILES string of the molecule is OC(CNC1CCSC1)c1ccccc1. The lowest BCUT2D eigenvalue weighted by Gasteiger charge is -2.15. The first-order chi connectivity index (χ1) is 7.36. The maximum Gasteiger partial charge on any atom is 0.0914 e. The van der Waals surface area contributed by atoms with Crippen LogP contribution in [0.4, 0.5) is 0 Å². The van der Waals surface area contributed by atoms with E-state index in [9.17, 15) is 5.11 Å². The van der Waals surface area contributed by atoms with E-state index in [-0.39, 0.29) is 6.10 Å². The molecule has 2 N–H and O–H groups in total. The molecule has 1 saturated heterocycles. The van der Waals surface area contributed by atoms with E-state index in [4.69, 9.17) is 0 Å². The van der Waals surface area contributed by atoms with Crippen molar-refractivity contribution in [1.82, 2.24) is 5.32 Å². The van der Waals surface area contributed by atoms with Crippen molar-refractivity contribution < 1.29 is 5.11 Å². The molecule has 1 aliphatic heterocycles. The molecule has 1 aromatic carbocycles. The van der Waals surface area contributed by atoms with Crippen LogP contribution in [0.2, 0.25) is 0 Å². The van der Waals surface area contributed by atoms with Gasteiger partial charge in [-0.05, 0) is 17.7 Å². The zero-order valence-corrected chi connectivity index (χ0v) is 9.54. The summed E-state index contributed by atoms with van der Waals surface area (Å²) in [5, 5.41) is 13.3. The van der Waals surface area contributed by atoms with Gasteiger partial charge in [-0.15, -0.1) is 0 Å². The number of thioether (sulfide) groups is 1. The van der Waals surface area contributed by atoms with Crippen molar-refractivity contribution in [1.29, 1.82) is 0 Å². The van der Waals surface area contributed by atoms with Crippen molar-refractivity contribution >= 4 is 11.8 Å². The Morgan fingerprint density at radius 2 is 2.20 bits per heavy atom. The summed E-state index contributed by atoms with van der Waals surface area (Å²) in [6, 6.07) is 10.4. The zero-order valence-electron chi connectivity index (χ0n) is 8.73. The molecule has 0 spiro atoms. The van der Waals surface area contributed by atoms with Crippen LogP contribution in [0.25, 0.3) is 0 Å². The minimum absolute atomic E-state index is 0.378. The van der Waals surface area contributed by atoms with Crippen LogP contribution in [0.15, 0.2) is 30.3 Å². The van der Waals surface area contributed by atoms with Gasteiger partial charge in [0, 0.05) is 18.3 Å². The van der Waals surface area contributed by atoms with Crippen LogP contribution >= 0.6 is 11.8 Å². The van der Waals surface area contributed by atoms with E-state index in [1.54, 1.807) is 0 Å². The van der Waals surface area contributed by atoms with Crippen molar-refractivity contribution in [2.45, 2.75) is 18.6 Å². The molecular weight excluding hydrogens is 206 g/mol. The van der Waals surface area contributed by atoms with Crippen LogP contribution < -0.4 is 5.32 Å². The predicted molar refractivity (Wildman–Crippen MR) is 65.1 cm³/mol. The van der Waals surface area contributed by atoms with Crippen LogP contribution in [0.5, 0.6) is 0 Å². The third kappa shape index (κ3) is 3.23. The van der Waals surface area contributed by atoms with Gasteiger partial charge in [-0.2, -0.15) is 11.8 Å². The maximum absolute atomic E-state index is 9.91. The lowest BCUT2D eigenvalue weighted by Crippen LogP contribution is -2.32. The molecule has 2 unspecified atom stereocenters. The topological polar surface area (TPSA) is 32.3 Å². The number of aliphatic hydroxyl groups excluding tert-OH is 1. The fourth-order valence-electron chi connectivity index (χ4n) is 1.77. The normalized spacial score (nSPS) is 22.9. The summed E-state index contributed by atoms with van der Waals surface area (Å²) in [5.74, 6) is 2.43. The van der Waals surface area contributed by atoms with Gasteiger partial charge in [0.15, 0.2) is 0 Å². The van der Waals surface area contributed by atoms with E-state index >= 15 is 0 Å². The van der Waals surface area contributed by atoms with Gasteiger partial charge in [0.25, 0.3) is 0 Å². The number of hydrogen-bond donors (Lipinski definition) is 2. The number of hydrogen-bond acceptors (Lipinski definition) is 3. The summed E-state index contributed by atoms with van der Waals surface area (Å²) < 4.78 is 0. The highest BCUT2D eigenvalue weighted by molar-refractivity contribution is 7.99. The van der Waals surface area contributed by atoms with E-state index in [1.807, 2.05) is 42.1 Å². The molecule has 1 aliphatic rings. The average molecular weight is 223 g/mol. The molecule has 0 amide bonds. The molecule has 0 saturated carbocycles. The highest BCUT2D eigenvalue weighted by atomic mass is 32.2. The first-order valence-corrected chi connectivity index (χ1v) is 6.56. The van der Waals surface area contributed by atoms with Crippen molar-refractivity contribution in [2.24, 2.45) is 0 Å². The summed E-state index contributed by atoms with van der Waals surface area (Å²) in [5.41, 5.74) is 0.996. The molecule has 3 heteroatoms. The molecule has 2 nitrogen and oxygen atoms in total. The summed E-state index contributed by atoms with van der Waals surface area (Å²) in [6.45, 7) is 0.662. The Morgan fingerprint density at radius 1 is 1.40 bits per heavy atom. The molecular formula is C12H17NOS. The lowest BCUT2D eigenvalue weighted by atomic mass is 10.1. The number of aliphatic hydroxyl groups is 1. The highest BCUT2D eigenvalue weighted by Gasteiger charge is 2.16. The van der Waals surface area contributed by atoms with Crippen molar-refractivity contribution in [3.63, 3.8) is 0 Å². The van der Waals surface area contributed by atoms with Gasteiger partial charge in [0.1, 0.15) is 0 Å². The van der Waals surface area contributed by atoms with Gasteiger partial charge >= 0.3 is 0 Å². The molecule has 0 aromatic heterocycles. The summed E-state index contributed by atoms with van der Waals surface area (Å²) >= 11 is 1.99. The van der Waals surface area contributed by atoms with Crippen LogP contribution in [0.3, 0.4) is 0 Å². The smallest absolute Gasteiger partial charge is 0.0914 e.